The van der Waals surface area contributed by atoms with E-state index >= 15 is 0 Å². The van der Waals surface area contributed by atoms with Gasteiger partial charge in [-0.25, -0.2) is 4.79 Å². The predicted octanol–water partition coefficient (Wildman–Crippen LogP) is 4.99. The summed E-state index contributed by atoms with van der Waals surface area (Å²) in [6.07, 6.45) is 0.851. The van der Waals surface area contributed by atoms with Crippen molar-refractivity contribution in [1.29, 1.82) is 0 Å². The van der Waals surface area contributed by atoms with Gasteiger partial charge in [0.05, 0.1) is 19.1 Å². The number of rotatable bonds is 7. The summed E-state index contributed by atoms with van der Waals surface area (Å²) in [4.78, 5) is 41.6. The maximum Gasteiger partial charge on any atom is 0.337 e. The Balaban J connectivity index is 1.40. The zero-order chi connectivity index (χ0) is 25.9. The molecule has 1 aliphatic heterocycles. The summed E-state index contributed by atoms with van der Waals surface area (Å²) >= 11 is 5.96. The van der Waals surface area contributed by atoms with E-state index < -0.39 is 5.54 Å². The first kappa shape index (κ1) is 25.5. The number of carbonyl (C=O) groups is 3. The number of benzene rings is 3. The van der Waals surface area contributed by atoms with Gasteiger partial charge in [-0.1, -0.05) is 60.1 Å². The monoisotopic (exact) mass is 504 g/mol. The Morgan fingerprint density at radius 2 is 1.64 bits per heavy atom. The van der Waals surface area contributed by atoms with Crippen LogP contribution in [-0.2, 0) is 27.3 Å². The lowest BCUT2D eigenvalue weighted by Crippen LogP contribution is -2.67. The Kier molecular flexibility index (Phi) is 7.45. The molecule has 1 fully saturated rings. The molecule has 3 aromatic rings. The van der Waals surface area contributed by atoms with Crippen molar-refractivity contribution in [3.05, 3.63) is 94.5 Å². The highest BCUT2D eigenvalue weighted by Gasteiger charge is 2.50. The summed E-state index contributed by atoms with van der Waals surface area (Å²) in [5.41, 5.74) is 3.31. The minimum Gasteiger partial charge on any atom is -0.465 e. The number of methoxy groups -OCH3 is 1. The first-order valence-corrected chi connectivity index (χ1v) is 12.2. The topological polar surface area (TPSA) is 66.9 Å². The molecule has 7 heteroatoms. The van der Waals surface area contributed by atoms with Gasteiger partial charge in [0.25, 0.3) is 0 Å². The van der Waals surface area contributed by atoms with Gasteiger partial charge in [0.2, 0.25) is 11.8 Å². The molecule has 1 saturated heterocycles. The van der Waals surface area contributed by atoms with Gasteiger partial charge in [0, 0.05) is 25.2 Å². The van der Waals surface area contributed by atoms with Crippen molar-refractivity contribution in [2.24, 2.45) is 0 Å². The van der Waals surface area contributed by atoms with Crippen LogP contribution in [0.1, 0.15) is 34.8 Å². The zero-order valence-electron chi connectivity index (χ0n) is 20.7. The maximum absolute atomic E-state index is 13.3. The molecular formula is C29H29ClN2O4. The minimum atomic E-state index is -0.841. The third-order valence-corrected chi connectivity index (χ3v) is 7.04. The van der Waals surface area contributed by atoms with Gasteiger partial charge < -0.3 is 14.5 Å². The van der Waals surface area contributed by atoms with Crippen LogP contribution in [0.4, 0.5) is 0 Å². The lowest BCUT2D eigenvalue weighted by molar-refractivity contribution is -0.163. The van der Waals surface area contributed by atoms with E-state index in [-0.39, 0.29) is 24.2 Å². The molecule has 0 saturated carbocycles. The maximum atomic E-state index is 13.3. The summed E-state index contributed by atoms with van der Waals surface area (Å²) in [6, 6.07) is 22.3. The second kappa shape index (κ2) is 10.5. The highest BCUT2D eigenvalue weighted by atomic mass is 35.5. The van der Waals surface area contributed by atoms with Gasteiger partial charge in [-0.3, -0.25) is 9.59 Å². The molecule has 0 N–H and O–H groups in total. The van der Waals surface area contributed by atoms with Crippen molar-refractivity contribution >= 4 is 29.4 Å². The SMILES string of the molecule is COC(=O)c1cccc(-c2ccc(CC(=O)N3CCC3(C)C(=O)N(C)Cc3ccc(Cl)cc3)cc2)c1. The van der Waals surface area contributed by atoms with E-state index in [4.69, 9.17) is 16.3 Å². The quantitative estimate of drug-likeness (QED) is 0.425. The fraction of sp³-hybridized carbons (Fsp3) is 0.276. The molecular weight excluding hydrogens is 476 g/mol. The van der Waals surface area contributed by atoms with Crippen LogP contribution in [0.5, 0.6) is 0 Å². The molecule has 1 aliphatic rings. The van der Waals surface area contributed by atoms with E-state index in [1.807, 2.05) is 55.5 Å². The van der Waals surface area contributed by atoms with Crippen LogP contribution in [-0.4, -0.2) is 53.8 Å². The van der Waals surface area contributed by atoms with Crippen LogP contribution in [0.3, 0.4) is 0 Å². The molecule has 1 heterocycles. The van der Waals surface area contributed by atoms with Gasteiger partial charge in [-0.2, -0.15) is 0 Å². The Labute approximate surface area is 216 Å². The zero-order valence-corrected chi connectivity index (χ0v) is 21.4. The minimum absolute atomic E-state index is 0.0714. The number of likely N-dealkylation sites (N-methyl/N-ethyl adjacent to an activating group) is 1. The number of amides is 2. The smallest absolute Gasteiger partial charge is 0.337 e. The van der Waals surface area contributed by atoms with Crippen LogP contribution >= 0.6 is 11.6 Å². The number of hydrogen-bond donors (Lipinski definition) is 0. The standard InChI is InChI=1S/C29H29ClN2O4/c1-29(28(35)31(2)19-21-9-13-25(30)14-10-21)15-16-32(29)26(33)17-20-7-11-22(12-8-20)23-5-4-6-24(18-23)27(34)36-3/h4-14,18H,15-17,19H2,1-3H3. The molecule has 0 bridgehead atoms. The Bertz CT molecular complexity index is 1270. The highest BCUT2D eigenvalue weighted by Crippen LogP contribution is 2.33. The van der Waals surface area contributed by atoms with E-state index in [0.29, 0.717) is 30.1 Å². The van der Waals surface area contributed by atoms with Crippen LogP contribution in [0.25, 0.3) is 11.1 Å². The highest BCUT2D eigenvalue weighted by molar-refractivity contribution is 6.30. The van der Waals surface area contributed by atoms with Crippen molar-refractivity contribution in [3.8, 4) is 11.1 Å². The predicted molar refractivity (Wildman–Crippen MR) is 140 cm³/mol. The first-order valence-electron chi connectivity index (χ1n) is 11.8. The average molecular weight is 505 g/mol. The molecule has 2 amide bonds. The molecule has 6 nitrogen and oxygen atoms in total. The number of nitrogens with zero attached hydrogens (tertiary/aromatic N) is 2. The van der Waals surface area contributed by atoms with Crippen molar-refractivity contribution in [3.63, 3.8) is 0 Å². The Morgan fingerprint density at radius 3 is 2.25 bits per heavy atom. The van der Waals surface area contributed by atoms with Crippen LogP contribution in [0.15, 0.2) is 72.8 Å². The number of hydrogen-bond acceptors (Lipinski definition) is 4. The molecule has 0 radical (unpaired) electrons. The number of likely N-dealkylation sites (tertiary alicyclic amines) is 1. The van der Waals surface area contributed by atoms with Crippen molar-refractivity contribution in [1.82, 2.24) is 9.80 Å². The van der Waals surface area contributed by atoms with E-state index in [1.165, 1.54) is 7.11 Å². The normalized spacial score (nSPS) is 16.7. The summed E-state index contributed by atoms with van der Waals surface area (Å²) in [7, 11) is 3.12. The van der Waals surface area contributed by atoms with E-state index in [2.05, 4.69) is 0 Å². The van der Waals surface area contributed by atoms with E-state index in [0.717, 1.165) is 22.3 Å². The third-order valence-electron chi connectivity index (χ3n) is 6.79. The van der Waals surface area contributed by atoms with E-state index in [1.54, 1.807) is 41.1 Å². The summed E-state index contributed by atoms with van der Waals surface area (Å²) in [6.45, 7) is 2.85. The van der Waals surface area contributed by atoms with Crippen molar-refractivity contribution in [2.75, 3.05) is 20.7 Å². The first-order chi connectivity index (χ1) is 17.2. The van der Waals surface area contributed by atoms with Gasteiger partial charge in [-0.15, -0.1) is 0 Å². The van der Waals surface area contributed by atoms with Gasteiger partial charge in [-0.05, 0) is 59.9 Å². The molecule has 3 aromatic carbocycles. The summed E-state index contributed by atoms with van der Waals surface area (Å²) < 4.78 is 4.80. The summed E-state index contributed by atoms with van der Waals surface area (Å²) in [5, 5.41) is 0.651. The van der Waals surface area contributed by atoms with Gasteiger partial charge in [0.1, 0.15) is 5.54 Å². The Hall–Kier alpha value is -3.64. The van der Waals surface area contributed by atoms with Crippen LogP contribution in [0.2, 0.25) is 5.02 Å². The molecule has 36 heavy (non-hydrogen) atoms. The Morgan fingerprint density at radius 1 is 0.972 bits per heavy atom. The number of esters is 1. The number of ether oxygens (including phenoxy) is 1. The summed E-state index contributed by atoms with van der Waals surface area (Å²) in [5.74, 6) is -0.527. The van der Waals surface area contributed by atoms with Gasteiger partial charge in [0.15, 0.2) is 0 Å². The van der Waals surface area contributed by atoms with E-state index in [9.17, 15) is 14.4 Å². The molecule has 1 unspecified atom stereocenters. The fourth-order valence-electron chi connectivity index (χ4n) is 4.56. The fourth-order valence-corrected chi connectivity index (χ4v) is 4.68. The largest absolute Gasteiger partial charge is 0.465 e. The lowest BCUT2D eigenvalue weighted by atomic mass is 9.84. The third kappa shape index (κ3) is 5.29. The molecule has 1 atom stereocenters. The lowest BCUT2D eigenvalue weighted by Gasteiger charge is -2.50. The molecule has 4 rings (SSSR count). The number of halogens is 1. The van der Waals surface area contributed by atoms with Crippen LogP contribution < -0.4 is 0 Å². The molecule has 0 aliphatic carbocycles. The second-order valence-corrected chi connectivity index (χ2v) is 9.74. The number of carbonyl (C=O) groups excluding carboxylic acids is 3. The van der Waals surface area contributed by atoms with Crippen molar-refractivity contribution in [2.45, 2.75) is 31.8 Å². The molecule has 0 aromatic heterocycles. The second-order valence-electron chi connectivity index (χ2n) is 9.30. The molecule has 186 valence electrons. The van der Waals surface area contributed by atoms with Crippen LogP contribution in [0, 0.1) is 0 Å². The van der Waals surface area contributed by atoms with Crippen molar-refractivity contribution < 1.29 is 19.1 Å². The average Bonchev–Trinajstić information content (AvgIpc) is 2.88. The molecule has 0 spiro atoms. The van der Waals surface area contributed by atoms with Gasteiger partial charge >= 0.3 is 5.97 Å².